The quantitative estimate of drug-likeness (QED) is 0.760. The van der Waals surface area contributed by atoms with E-state index in [1.807, 2.05) is 0 Å². The van der Waals surface area contributed by atoms with E-state index >= 15 is 0 Å². The van der Waals surface area contributed by atoms with E-state index in [1.165, 1.54) is 12.3 Å². The molecule has 1 saturated carbocycles. The van der Waals surface area contributed by atoms with Gasteiger partial charge >= 0.3 is 0 Å². The van der Waals surface area contributed by atoms with Crippen molar-refractivity contribution in [3.63, 3.8) is 0 Å². The fourth-order valence-electron chi connectivity index (χ4n) is 2.04. The number of rotatable bonds is 3. The molecule has 4 heteroatoms. The zero-order valence-corrected chi connectivity index (χ0v) is 9.14. The number of nitrogens with zero attached hydrogens (tertiary/aromatic N) is 2. The zero-order chi connectivity index (χ0) is 11.8. The van der Waals surface area contributed by atoms with Gasteiger partial charge in [-0.2, -0.15) is 5.10 Å². The van der Waals surface area contributed by atoms with Crippen molar-refractivity contribution >= 4 is 6.29 Å². The van der Waals surface area contributed by atoms with Gasteiger partial charge in [0.05, 0.1) is 17.5 Å². The van der Waals surface area contributed by atoms with E-state index in [2.05, 4.69) is 5.10 Å². The second-order valence-corrected chi connectivity index (χ2v) is 4.24. The first-order valence-electron chi connectivity index (χ1n) is 5.59. The van der Waals surface area contributed by atoms with Crippen LogP contribution in [-0.4, -0.2) is 16.1 Å². The Labute approximate surface area is 97.9 Å². The molecule has 0 bridgehead atoms. The van der Waals surface area contributed by atoms with E-state index in [4.69, 9.17) is 0 Å². The highest BCUT2D eigenvalue weighted by Crippen LogP contribution is 2.42. The van der Waals surface area contributed by atoms with E-state index in [-0.39, 0.29) is 5.82 Å². The van der Waals surface area contributed by atoms with Gasteiger partial charge in [0, 0.05) is 5.92 Å². The summed E-state index contributed by atoms with van der Waals surface area (Å²) in [7, 11) is 0. The van der Waals surface area contributed by atoms with Crippen molar-refractivity contribution in [2.24, 2.45) is 0 Å². The maximum atomic E-state index is 13.7. The van der Waals surface area contributed by atoms with Gasteiger partial charge in [-0.05, 0) is 25.0 Å². The number of carbonyl (C=O) groups is 1. The fraction of sp³-hybridized carbons (Fsp3) is 0.231. The number of carbonyl (C=O) groups excluding carboxylic acids is 1. The third kappa shape index (κ3) is 1.65. The molecule has 1 aromatic carbocycles. The highest BCUT2D eigenvalue weighted by atomic mass is 19.1. The molecular weight excluding hydrogens is 219 g/mol. The predicted molar refractivity (Wildman–Crippen MR) is 60.9 cm³/mol. The van der Waals surface area contributed by atoms with E-state index in [0.29, 0.717) is 17.2 Å². The molecule has 0 radical (unpaired) electrons. The molecule has 1 fully saturated rings. The Morgan fingerprint density at radius 2 is 2.12 bits per heavy atom. The number of hydrogen-bond donors (Lipinski definition) is 0. The summed E-state index contributed by atoms with van der Waals surface area (Å²) in [6, 6.07) is 6.47. The summed E-state index contributed by atoms with van der Waals surface area (Å²) in [5.74, 6) is 0.0206. The predicted octanol–water partition coefficient (Wildman–Crippen LogP) is 2.70. The van der Waals surface area contributed by atoms with Crippen LogP contribution in [0.15, 0.2) is 30.5 Å². The van der Waals surface area contributed by atoms with E-state index < -0.39 is 0 Å². The van der Waals surface area contributed by atoms with E-state index in [9.17, 15) is 9.18 Å². The maximum absolute atomic E-state index is 13.7. The molecule has 1 heterocycles. The monoisotopic (exact) mass is 230 g/mol. The second kappa shape index (κ2) is 3.80. The van der Waals surface area contributed by atoms with Crippen LogP contribution in [0.25, 0.3) is 5.69 Å². The number of aromatic nitrogens is 2. The van der Waals surface area contributed by atoms with Crippen LogP contribution in [0.3, 0.4) is 0 Å². The molecule has 3 rings (SSSR count). The molecule has 17 heavy (non-hydrogen) atoms. The summed E-state index contributed by atoms with van der Waals surface area (Å²) in [4.78, 5) is 10.9. The molecule has 1 aliphatic rings. The summed E-state index contributed by atoms with van der Waals surface area (Å²) in [5.41, 5.74) is 1.81. The molecule has 1 aromatic heterocycles. The molecule has 0 atom stereocenters. The summed E-state index contributed by atoms with van der Waals surface area (Å²) in [6.07, 6.45) is 4.38. The van der Waals surface area contributed by atoms with Crippen LogP contribution < -0.4 is 0 Å². The minimum Gasteiger partial charge on any atom is -0.298 e. The summed E-state index contributed by atoms with van der Waals surface area (Å²) in [5, 5.41) is 4.12. The van der Waals surface area contributed by atoms with Crippen molar-refractivity contribution in [3.8, 4) is 5.69 Å². The summed E-state index contributed by atoms with van der Waals surface area (Å²) >= 11 is 0. The van der Waals surface area contributed by atoms with Gasteiger partial charge < -0.3 is 0 Å². The molecule has 86 valence electrons. The Balaban J connectivity index is 2.18. The molecule has 0 saturated heterocycles. The van der Waals surface area contributed by atoms with Crippen molar-refractivity contribution in [2.75, 3.05) is 0 Å². The molecule has 3 nitrogen and oxygen atoms in total. The van der Waals surface area contributed by atoms with E-state index in [1.54, 1.807) is 22.9 Å². The van der Waals surface area contributed by atoms with Crippen LogP contribution in [0.4, 0.5) is 4.39 Å². The third-order valence-corrected chi connectivity index (χ3v) is 3.01. The Morgan fingerprint density at radius 3 is 2.76 bits per heavy atom. The third-order valence-electron chi connectivity index (χ3n) is 3.01. The molecule has 1 aliphatic carbocycles. The molecule has 0 aliphatic heterocycles. The molecule has 0 N–H and O–H groups in total. The second-order valence-electron chi connectivity index (χ2n) is 4.24. The topological polar surface area (TPSA) is 34.9 Å². The average molecular weight is 230 g/mol. The first-order chi connectivity index (χ1) is 8.31. The van der Waals surface area contributed by atoms with Crippen LogP contribution >= 0.6 is 0 Å². The minimum absolute atomic E-state index is 0.324. The molecular formula is C13H11FN2O. The van der Waals surface area contributed by atoms with Gasteiger partial charge in [-0.15, -0.1) is 0 Å². The van der Waals surface area contributed by atoms with Crippen molar-refractivity contribution in [2.45, 2.75) is 18.8 Å². The number of aldehydes is 1. The molecule has 0 amide bonds. The van der Waals surface area contributed by atoms with Crippen molar-refractivity contribution < 1.29 is 9.18 Å². The Hall–Kier alpha value is -1.97. The van der Waals surface area contributed by atoms with Gasteiger partial charge in [-0.25, -0.2) is 9.07 Å². The van der Waals surface area contributed by atoms with Crippen molar-refractivity contribution in [3.05, 3.63) is 47.5 Å². The number of hydrogen-bond acceptors (Lipinski definition) is 2. The number of halogens is 1. The van der Waals surface area contributed by atoms with Gasteiger partial charge in [-0.1, -0.05) is 12.1 Å². The van der Waals surface area contributed by atoms with Crippen molar-refractivity contribution in [1.82, 2.24) is 9.78 Å². The van der Waals surface area contributed by atoms with Crippen LogP contribution in [-0.2, 0) is 0 Å². The SMILES string of the molecule is O=Cc1cnn(-c2ccccc2F)c1C1CC1. The minimum atomic E-state index is -0.324. The highest BCUT2D eigenvalue weighted by molar-refractivity contribution is 5.77. The first-order valence-corrected chi connectivity index (χ1v) is 5.59. The Kier molecular flexibility index (Phi) is 2.28. The molecule has 0 unspecified atom stereocenters. The largest absolute Gasteiger partial charge is 0.298 e. The van der Waals surface area contributed by atoms with Gasteiger partial charge in [0.25, 0.3) is 0 Å². The zero-order valence-electron chi connectivity index (χ0n) is 9.14. The highest BCUT2D eigenvalue weighted by Gasteiger charge is 2.31. The van der Waals surface area contributed by atoms with Gasteiger partial charge in [0.15, 0.2) is 6.29 Å². The van der Waals surface area contributed by atoms with Crippen LogP contribution in [0.2, 0.25) is 0 Å². The summed E-state index contributed by atoms with van der Waals surface area (Å²) in [6.45, 7) is 0. The lowest BCUT2D eigenvalue weighted by atomic mass is 10.2. The lowest BCUT2D eigenvalue weighted by Gasteiger charge is -2.07. The standard InChI is InChI=1S/C13H11FN2O/c14-11-3-1-2-4-12(11)16-13(9-5-6-9)10(8-17)7-15-16/h1-4,7-9H,5-6H2. The van der Waals surface area contributed by atoms with Gasteiger partial charge in [0.1, 0.15) is 11.5 Å². The van der Waals surface area contributed by atoms with Gasteiger partial charge in [-0.3, -0.25) is 4.79 Å². The molecule has 0 spiro atoms. The van der Waals surface area contributed by atoms with Crippen LogP contribution in [0.1, 0.15) is 34.8 Å². The van der Waals surface area contributed by atoms with Crippen LogP contribution in [0.5, 0.6) is 0 Å². The smallest absolute Gasteiger partial charge is 0.153 e. The lowest BCUT2D eigenvalue weighted by molar-refractivity contribution is 0.112. The normalized spacial score (nSPS) is 14.9. The van der Waals surface area contributed by atoms with Crippen LogP contribution in [0, 0.1) is 5.82 Å². The Morgan fingerprint density at radius 1 is 1.35 bits per heavy atom. The fourth-order valence-corrected chi connectivity index (χ4v) is 2.04. The summed E-state index contributed by atoms with van der Waals surface area (Å²) < 4.78 is 15.3. The lowest BCUT2D eigenvalue weighted by Crippen LogP contribution is -2.04. The maximum Gasteiger partial charge on any atom is 0.153 e. The Bertz CT molecular complexity index is 573. The number of benzene rings is 1. The first kappa shape index (κ1) is 10.2. The van der Waals surface area contributed by atoms with E-state index in [0.717, 1.165) is 24.8 Å². The number of para-hydroxylation sites is 1. The molecule has 2 aromatic rings. The van der Waals surface area contributed by atoms with Gasteiger partial charge in [0.2, 0.25) is 0 Å². The van der Waals surface area contributed by atoms with Crippen molar-refractivity contribution in [1.29, 1.82) is 0 Å². The average Bonchev–Trinajstić information content (AvgIpc) is 3.10.